The Balaban J connectivity index is 1.48. The zero-order valence-corrected chi connectivity index (χ0v) is 15.5. The smallest absolute Gasteiger partial charge is 0.331 e. The molecule has 2 aromatic rings. The fraction of sp³-hybridized carbons (Fsp3) is 0.200. The first-order valence-corrected chi connectivity index (χ1v) is 8.70. The van der Waals surface area contributed by atoms with Crippen LogP contribution in [0.25, 0.3) is 6.08 Å². The topological polar surface area (TPSA) is 117 Å². The first-order chi connectivity index (χ1) is 13.9. The maximum absolute atomic E-state index is 12.0. The predicted molar refractivity (Wildman–Crippen MR) is 102 cm³/mol. The Labute approximate surface area is 166 Å². The molecule has 0 saturated carbocycles. The van der Waals surface area contributed by atoms with Crippen LogP contribution in [0.15, 0.2) is 48.5 Å². The summed E-state index contributed by atoms with van der Waals surface area (Å²) in [4.78, 5) is 34.0. The molecule has 29 heavy (non-hydrogen) atoms. The van der Waals surface area contributed by atoms with Crippen LogP contribution >= 0.6 is 0 Å². The first-order valence-electron chi connectivity index (χ1n) is 8.70. The molecule has 150 valence electrons. The average Bonchev–Trinajstić information content (AvgIpc) is 3.18. The van der Waals surface area contributed by atoms with Gasteiger partial charge in [-0.1, -0.05) is 18.2 Å². The summed E-state index contributed by atoms with van der Waals surface area (Å²) in [6.45, 7) is 1.51. The number of esters is 1. The van der Waals surface area contributed by atoms with Crippen molar-refractivity contribution in [3.05, 3.63) is 69.8 Å². The molecular formula is C20H18N2O7. The minimum atomic E-state index is -0.734. The molecule has 0 unspecified atom stereocenters. The minimum Gasteiger partial charge on any atom is -0.454 e. The number of rotatable bonds is 7. The van der Waals surface area contributed by atoms with Gasteiger partial charge in [0.1, 0.15) is 0 Å². The van der Waals surface area contributed by atoms with Gasteiger partial charge < -0.3 is 19.5 Å². The highest BCUT2D eigenvalue weighted by Gasteiger charge is 2.17. The number of nitrogens with zero attached hydrogens (tertiary/aromatic N) is 1. The van der Waals surface area contributed by atoms with E-state index >= 15 is 0 Å². The molecule has 0 fully saturated rings. The molecular weight excluding hydrogens is 380 g/mol. The van der Waals surface area contributed by atoms with Crippen LogP contribution in [0.2, 0.25) is 0 Å². The van der Waals surface area contributed by atoms with Crippen LogP contribution < -0.4 is 14.8 Å². The van der Waals surface area contributed by atoms with Gasteiger partial charge in [0.2, 0.25) is 6.79 Å². The van der Waals surface area contributed by atoms with Crippen LogP contribution in [0.1, 0.15) is 24.1 Å². The highest BCUT2D eigenvalue weighted by Crippen LogP contribution is 2.34. The summed E-state index contributed by atoms with van der Waals surface area (Å²) in [5, 5.41) is 13.5. The lowest BCUT2D eigenvalue weighted by atomic mass is 10.1. The Morgan fingerprint density at radius 2 is 2.03 bits per heavy atom. The van der Waals surface area contributed by atoms with Gasteiger partial charge in [0.25, 0.3) is 11.6 Å². The van der Waals surface area contributed by atoms with Crippen LogP contribution in [0.5, 0.6) is 11.5 Å². The van der Waals surface area contributed by atoms with Crippen molar-refractivity contribution in [2.75, 3.05) is 13.4 Å². The van der Waals surface area contributed by atoms with Gasteiger partial charge in [-0.05, 0) is 36.3 Å². The fourth-order valence-corrected chi connectivity index (χ4v) is 2.64. The first kappa shape index (κ1) is 19.9. The summed E-state index contributed by atoms with van der Waals surface area (Å²) in [5.41, 5.74) is 1.20. The van der Waals surface area contributed by atoms with E-state index in [0.29, 0.717) is 17.1 Å². The van der Waals surface area contributed by atoms with Crippen molar-refractivity contribution >= 4 is 23.6 Å². The minimum absolute atomic E-state index is 0.0857. The normalized spacial score (nSPS) is 13.1. The van der Waals surface area contributed by atoms with Gasteiger partial charge in [0.15, 0.2) is 18.1 Å². The number of benzene rings is 2. The highest BCUT2D eigenvalue weighted by molar-refractivity contribution is 5.89. The van der Waals surface area contributed by atoms with Crippen LogP contribution in [0.3, 0.4) is 0 Å². The van der Waals surface area contributed by atoms with Crippen molar-refractivity contribution in [2.24, 2.45) is 0 Å². The lowest BCUT2D eigenvalue weighted by Crippen LogP contribution is -2.30. The Bertz CT molecular complexity index is 971. The second-order valence-electron chi connectivity index (χ2n) is 6.20. The van der Waals surface area contributed by atoms with E-state index in [4.69, 9.17) is 14.2 Å². The predicted octanol–water partition coefficient (Wildman–Crippen LogP) is 2.76. The number of hydrogen-bond acceptors (Lipinski definition) is 7. The summed E-state index contributed by atoms with van der Waals surface area (Å²) in [6.07, 6.45) is 2.48. The number of nitro benzene ring substituents is 1. The maximum Gasteiger partial charge on any atom is 0.331 e. The van der Waals surface area contributed by atoms with Crippen molar-refractivity contribution in [2.45, 2.75) is 13.0 Å². The molecule has 1 aliphatic heterocycles. The number of nitro groups is 1. The summed E-state index contributed by atoms with van der Waals surface area (Å²) < 4.78 is 15.5. The van der Waals surface area contributed by atoms with Crippen LogP contribution in [0.4, 0.5) is 5.69 Å². The van der Waals surface area contributed by atoms with E-state index < -0.39 is 23.4 Å². The van der Waals surface area contributed by atoms with Crippen molar-refractivity contribution in [1.82, 2.24) is 5.32 Å². The monoisotopic (exact) mass is 398 g/mol. The molecule has 1 aliphatic rings. The molecule has 1 heterocycles. The fourth-order valence-electron chi connectivity index (χ4n) is 2.64. The Morgan fingerprint density at radius 1 is 1.24 bits per heavy atom. The van der Waals surface area contributed by atoms with Gasteiger partial charge >= 0.3 is 5.97 Å². The zero-order chi connectivity index (χ0) is 20.8. The highest BCUT2D eigenvalue weighted by atomic mass is 16.7. The van der Waals surface area contributed by atoms with Gasteiger partial charge in [-0.15, -0.1) is 0 Å². The number of carbonyl (C=O) groups is 2. The van der Waals surface area contributed by atoms with Gasteiger partial charge in [0.05, 0.1) is 11.0 Å². The van der Waals surface area contributed by atoms with Gasteiger partial charge in [0, 0.05) is 18.2 Å². The maximum atomic E-state index is 12.0. The number of carbonyl (C=O) groups excluding carboxylic acids is 2. The van der Waals surface area contributed by atoms with E-state index in [1.54, 1.807) is 25.1 Å². The van der Waals surface area contributed by atoms with E-state index in [-0.39, 0.29) is 18.5 Å². The molecule has 9 heteroatoms. The summed E-state index contributed by atoms with van der Waals surface area (Å²) >= 11 is 0. The molecule has 0 spiro atoms. The number of ether oxygens (including phenoxy) is 3. The van der Waals surface area contributed by atoms with Crippen molar-refractivity contribution in [3.8, 4) is 11.5 Å². The molecule has 1 amide bonds. The van der Waals surface area contributed by atoms with Crippen molar-refractivity contribution in [1.29, 1.82) is 0 Å². The largest absolute Gasteiger partial charge is 0.454 e. The summed E-state index contributed by atoms with van der Waals surface area (Å²) in [7, 11) is 0. The third kappa shape index (κ3) is 5.32. The van der Waals surface area contributed by atoms with E-state index in [1.165, 1.54) is 24.3 Å². The molecule has 0 aliphatic carbocycles. The Hall–Kier alpha value is -3.88. The van der Waals surface area contributed by atoms with E-state index in [1.807, 2.05) is 6.07 Å². The second kappa shape index (κ2) is 8.87. The van der Waals surface area contributed by atoms with E-state index in [2.05, 4.69) is 5.32 Å². The molecule has 2 aromatic carbocycles. The molecule has 9 nitrogen and oxygen atoms in total. The second-order valence-corrected chi connectivity index (χ2v) is 6.20. The summed E-state index contributed by atoms with van der Waals surface area (Å²) in [5.74, 6) is 0.0627. The van der Waals surface area contributed by atoms with Gasteiger partial charge in [-0.25, -0.2) is 4.79 Å². The van der Waals surface area contributed by atoms with Crippen molar-refractivity contribution < 1.29 is 28.7 Å². The zero-order valence-electron chi connectivity index (χ0n) is 15.5. The van der Waals surface area contributed by atoms with Crippen LogP contribution in [0, 0.1) is 10.1 Å². The SMILES string of the molecule is C[C@H](NC(=O)COC(=O)/C=C/c1cccc([N+](=O)[O-])c1)c1ccc2c(c1)OCO2. The molecule has 0 aromatic heterocycles. The number of non-ortho nitro benzene ring substituents is 1. The Kier molecular flexibility index (Phi) is 6.08. The molecule has 0 saturated heterocycles. The Morgan fingerprint density at radius 3 is 2.83 bits per heavy atom. The van der Waals surface area contributed by atoms with Crippen molar-refractivity contribution in [3.63, 3.8) is 0 Å². The lowest BCUT2D eigenvalue weighted by molar-refractivity contribution is -0.384. The third-order valence-corrected chi connectivity index (χ3v) is 4.11. The molecule has 0 bridgehead atoms. The average molecular weight is 398 g/mol. The van der Waals surface area contributed by atoms with Crippen LogP contribution in [-0.2, 0) is 14.3 Å². The van der Waals surface area contributed by atoms with Gasteiger partial charge in [-0.3, -0.25) is 14.9 Å². The number of hydrogen-bond donors (Lipinski definition) is 1. The summed E-state index contributed by atoms with van der Waals surface area (Å²) in [6, 6.07) is 10.8. The molecule has 1 N–H and O–H groups in total. The third-order valence-electron chi connectivity index (χ3n) is 4.11. The molecule has 3 rings (SSSR count). The van der Waals surface area contributed by atoms with Gasteiger partial charge in [-0.2, -0.15) is 0 Å². The number of nitrogens with one attached hydrogen (secondary N) is 1. The lowest BCUT2D eigenvalue weighted by Gasteiger charge is -2.14. The van der Waals surface area contributed by atoms with E-state index in [0.717, 1.165) is 11.6 Å². The standard InChI is InChI=1S/C20H18N2O7/c1-13(15-6-7-17-18(10-15)29-12-28-17)21-19(23)11-27-20(24)8-5-14-3-2-4-16(9-14)22(25)26/h2-10,13H,11-12H2,1H3,(H,21,23)/b8-5+/t13-/m0/s1. The molecule has 0 radical (unpaired) electrons. The van der Waals surface area contributed by atoms with Crippen LogP contribution in [-0.4, -0.2) is 30.2 Å². The molecule has 1 atom stereocenters. The quantitative estimate of drug-likeness (QED) is 0.330. The number of amides is 1. The number of fused-ring (bicyclic) bond motifs is 1. The van der Waals surface area contributed by atoms with E-state index in [9.17, 15) is 19.7 Å².